The second kappa shape index (κ2) is 5.40. The van der Waals surface area contributed by atoms with E-state index in [0.717, 1.165) is 0 Å². The van der Waals surface area contributed by atoms with E-state index in [1.807, 2.05) is 0 Å². The minimum Gasteiger partial charge on any atom is -0.466 e. The second-order valence-corrected chi connectivity index (χ2v) is 4.49. The zero-order valence-electron chi connectivity index (χ0n) is 10.6. The van der Waals surface area contributed by atoms with Crippen LogP contribution in [-0.4, -0.2) is 17.7 Å². The van der Waals surface area contributed by atoms with E-state index in [-0.39, 0.29) is 19.4 Å². The summed E-state index contributed by atoms with van der Waals surface area (Å²) in [5, 5.41) is 9.94. The zero-order chi connectivity index (χ0) is 15.0. The largest absolute Gasteiger partial charge is 0.466 e. The van der Waals surface area contributed by atoms with Gasteiger partial charge >= 0.3 is 5.97 Å². The summed E-state index contributed by atoms with van der Waals surface area (Å²) in [5.74, 6) is -9.01. The lowest BCUT2D eigenvalue weighted by atomic mass is 9.80. The van der Waals surface area contributed by atoms with Gasteiger partial charge in [-0.2, -0.15) is 0 Å². The Morgan fingerprint density at radius 3 is 2.40 bits per heavy atom. The third kappa shape index (κ3) is 2.15. The molecule has 0 aliphatic heterocycles. The quantitative estimate of drug-likeness (QED) is 0.394. The lowest BCUT2D eigenvalue weighted by molar-refractivity contribution is -0.153. The normalized spacial score (nSPS) is 21.5. The molecule has 0 bridgehead atoms. The number of hydrogen-bond acceptors (Lipinski definition) is 3. The van der Waals surface area contributed by atoms with E-state index in [2.05, 4.69) is 0 Å². The van der Waals surface area contributed by atoms with Crippen LogP contribution in [0.3, 0.4) is 0 Å². The topological polar surface area (TPSA) is 46.5 Å². The molecule has 0 spiro atoms. The Kier molecular flexibility index (Phi) is 3.99. The van der Waals surface area contributed by atoms with Gasteiger partial charge in [-0.15, -0.1) is 0 Å². The van der Waals surface area contributed by atoms with E-state index in [1.165, 1.54) is 0 Å². The highest BCUT2D eigenvalue weighted by atomic mass is 19.2. The van der Waals surface area contributed by atoms with E-state index in [1.54, 1.807) is 6.92 Å². The molecule has 0 saturated heterocycles. The number of benzene rings is 1. The molecule has 1 aromatic carbocycles. The Labute approximate surface area is 112 Å². The summed E-state index contributed by atoms with van der Waals surface area (Å²) >= 11 is 0. The molecule has 1 aliphatic rings. The molecule has 1 aliphatic carbocycles. The molecular weight excluding hydrogens is 280 g/mol. The van der Waals surface area contributed by atoms with Crippen molar-refractivity contribution in [1.29, 1.82) is 0 Å². The van der Waals surface area contributed by atoms with Gasteiger partial charge in [0.05, 0.1) is 18.6 Å². The smallest absolute Gasteiger partial charge is 0.311 e. The molecule has 7 heteroatoms. The Bertz CT molecular complexity index is 559. The number of ether oxygens (including phenoxy) is 1. The fraction of sp³-hybridized carbons (Fsp3) is 0.462. The van der Waals surface area contributed by atoms with Gasteiger partial charge in [-0.3, -0.25) is 4.79 Å². The van der Waals surface area contributed by atoms with Crippen LogP contribution >= 0.6 is 0 Å². The number of hydrogen-bond donors (Lipinski definition) is 1. The number of aliphatic hydroxyl groups is 1. The van der Waals surface area contributed by atoms with E-state index >= 15 is 0 Å². The predicted molar refractivity (Wildman–Crippen MR) is 59.7 cm³/mol. The summed E-state index contributed by atoms with van der Waals surface area (Å²) in [4.78, 5) is 11.6. The number of aliphatic hydroxyl groups excluding tert-OH is 1. The van der Waals surface area contributed by atoms with Gasteiger partial charge in [-0.1, -0.05) is 0 Å². The van der Waals surface area contributed by atoms with Crippen LogP contribution in [0.2, 0.25) is 0 Å². The molecule has 2 atom stereocenters. The first-order valence-corrected chi connectivity index (χ1v) is 6.09. The molecule has 0 fully saturated rings. The molecule has 110 valence electrons. The third-order valence-electron chi connectivity index (χ3n) is 3.38. The number of fused-ring (bicyclic) bond motifs is 1. The molecule has 3 nitrogen and oxygen atoms in total. The van der Waals surface area contributed by atoms with Crippen molar-refractivity contribution >= 4 is 5.97 Å². The summed E-state index contributed by atoms with van der Waals surface area (Å²) in [6.07, 6.45) is -1.98. The zero-order valence-corrected chi connectivity index (χ0v) is 10.6. The minimum atomic E-state index is -2.00. The van der Waals surface area contributed by atoms with Crippen molar-refractivity contribution in [2.45, 2.75) is 25.9 Å². The van der Waals surface area contributed by atoms with Gasteiger partial charge in [-0.05, 0) is 25.3 Å². The summed E-state index contributed by atoms with van der Waals surface area (Å²) in [6, 6.07) is 0. The van der Waals surface area contributed by atoms with Crippen molar-refractivity contribution in [3.63, 3.8) is 0 Å². The van der Waals surface area contributed by atoms with E-state index in [4.69, 9.17) is 4.74 Å². The van der Waals surface area contributed by atoms with Crippen molar-refractivity contribution in [2.75, 3.05) is 6.61 Å². The number of rotatable bonds is 2. The number of esters is 1. The molecule has 1 aromatic rings. The Morgan fingerprint density at radius 2 is 1.80 bits per heavy atom. The summed E-state index contributed by atoms with van der Waals surface area (Å²) in [6.45, 7) is 1.61. The van der Waals surface area contributed by atoms with Gasteiger partial charge in [0.2, 0.25) is 0 Å². The average Bonchev–Trinajstić information content (AvgIpc) is 2.42. The highest BCUT2D eigenvalue weighted by Crippen LogP contribution is 2.39. The number of halogens is 4. The van der Waals surface area contributed by atoms with E-state index in [0.29, 0.717) is 0 Å². The van der Waals surface area contributed by atoms with Gasteiger partial charge in [0, 0.05) is 5.56 Å². The lowest BCUT2D eigenvalue weighted by Crippen LogP contribution is -2.31. The van der Waals surface area contributed by atoms with Crippen molar-refractivity contribution in [3.05, 3.63) is 34.4 Å². The maximum Gasteiger partial charge on any atom is 0.311 e. The van der Waals surface area contributed by atoms with Crippen molar-refractivity contribution < 1.29 is 32.2 Å². The van der Waals surface area contributed by atoms with Crippen LogP contribution in [0.5, 0.6) is 0 Å². The monoisotopic (exact) mass is 292 g/mol. The van der Waals surface area contributed by atoms with E-state index < -0.39 is 52.4 Å². The van der Waals surface area contributed by atoms with E-state index in [9.17, 15) is 27.5 Å². The van der Waals surface area contributed by atoms with Crippen molar-refractivity contribution in [1.82, 2.24) is 0 Å². The fourth-order valence-electron chi connectivity index (χ4n) is 2.40. The van der Waals surface area contributed by atoms with Crippen LogP contribution in [0.4, 0.5) is 17.6 Å². The van der Waals surface area contributed by atoms with Crippen molar-refractivity contribution in [3.8, 4) is 0 Å². The molecule has 0 unspecified atom stereocenters. The number of carbonyl (C=O) groups excluding carboxylic acids is 1. The molecule has 0 aromatic heterocycles. The summed E-state index contributed by atoms with van der Waals surface area (Å²) in [5.41, 5.74) is -1.14. The molecule has 0 radical (unpaired) electrons. The van der Waals surface area contributed by atoms with Crippen LogP contribution in [0.1, 0.15) is 30.6 Å². The first-order valence-electron chi connectivity index (χ1n) is 6.09. The summed E-state index contributed by atoms with van der Waals surface area (Å²) in [7, 11) is 0. The maximum absolute atomic E-state index is 13.7. The van der Waals surface area contributed by atoms with Crippen LogP contribution in [-0.2, 0) is 16.0 Å². The second-order valence-electron chi connectivity index (χ2n) is 4.49. The molecule has 0 amide bonds. The predicted octanol–water partition coefficient (Wildman–Crippen LogP) is 2.40. The fourth-order valence-corrected chi connectivity index (χ4v) is 2.40. The Morgan fingerprint density at radius 1 is 1.20 bits per heavy atom. The highest BCUT2D eigenvalue weighted by molar-refractivity contribution is 5.74. The average molecular weight is 292 g/mol. The standard InChI is InChI=1S/C13H12F4O3/c1-2-20-13(19)6-4-3-5-7(12(6)18)9(15)11(17)10(16)8(5)14/h6,12,18H,2-4H2,1H3/t6-,12-/m0/s1. The van der Waals surface area contributed by atoms with Gasteiger partial charge < -0.3 is 9.84 Å². The Hall–Kier alpha value is -1.63. The molecule has 0 heterocycles. The molecule has 1 N–H and O–H groups in total. The SMILES string of the molecule is CCOC(=O)[C@H]1CCc2c(F)c(F)c(F)c(F)c2[C@H]1O. The van der Waals surface area contributed by atoms with Crippen molar-refractivity contribution in [2.24, 2.45) is 5.92 Å². The van der Waals surface area contributed by atoms with Crippen LogP contribution < -0.4 is 0 Å². The lowest BCUT2D eigenvalue weighted by Gasteiger charge is -2.29. The van der Waals surface area contributed by atoms with Gasteiger partial charge in [0.25, 0.3) is 0 Å². The minimum absolute atomic E-state index is 0.0333. The Balaban J connectivity index is 2.49. The molecular formula is C13H12F4O3. The molecule has 20 heavy (non-hydrogen) atoms. The first-order chi connectivity index (χ1) is 9.40. The third-order valence-corrected chi connectivity index (χ3v) is 3.38. The molecule has 0 saturated carbocycles. The number of carbonyl (C=O) groups is 1. The van der Waals surface area contributed by atoms with Crippen LogP contribution in [0, 0.1) is 29.2 Å². The van der Waals surface area contributed by atoms with Gasteiger partial charge in [-0.25, -0.2) is 17.6 Å². The van der Waals surface area contributed by atoms with Crippen LogP contribution in [0.15, 0.2) is 0 Å². The molecule has 2 rings (SSSR count). The highest BCUT2D eigenvalue weighted by Gasteiger charge is 2.40. The first kappa shape index (κ1) is 14.8. The maximum atomic E-state index is 13.7. The van der Waals surface area contributed by atoms with Crippen LogP contribution in [0.25, 0.3) is 0 Å². The summed E-state index contributed by atoms with van der Waals surface area (Å²) < 4.78 is 58.3. The van der Waals surface area contributed by atoms with Gasteiger partial charge in [0.15, 0.2) is 23.3 Å². The van der Waals surface area contributed by atoms with Gasteiger partial charge in [0.1, 0.15) is 0 Å².